The van der Waals surface area contributed by atoms with E-state index in [1.807, 2.05) is 20.5 Å². The Morgan fingerprint density at radius 3 is 2.66 bits per heavy atom. The summed E-state index contributed by atoms with van der Waals surface area (Å²) in [6.45, 7) is 16.9. The molecule has 35 heavy (non-hydrogen) atoms. The lowest BCUT2D eigenvalue weighted by Crippen LogP contribution is -2.61. The van der Waals surface area contributed by atoms with Crippen LogP contribution < -0.4 is 0 Å². The van der Waals surface area contributed by atoms with Gasteiger partial charge in [0.25, 0.3) is 0 Å². The zero-order valence-electron chi connectivity index (χ0n) is 24.3. The van der Waals surface area contributed by atoms with E-state index in [9.17, 15) is 4.79 Å². The van der Waals surface area contributed by atoms with Crippen molar-refractivity contribution in [2.45, 2.75) is 124 Å². The Balaban J connectivity index is 3.17. The van der Waals surface area contributed by atoms with E-state index >= 15 is 0 Å². The molecular weight excluding hydrogens is 477 g/mol. The van der Waals surface area contributed by atoms with Crippen molar-refractivity contribution < 1.29 is 23.0 Å². The van der Waals surface area contributed by atoms with Crippen LogP contribution in [-0.4, -0.2) is 59.1 Å². The van der Waals surface area contributed by atoms with Crippen LogP contribution in [0.1, 0.15) is 99.8 Å². The van der Waals surface area contributed by atoms with Crippen molar-refractivity contribution in [1.82, 2.24) is 0 Å². The van der Waals surface area contributed by atoms with Crippen LogP contribution in [0.5, 0.6) is 0 Å². The summed E-state index contributed by atoms with van der Waals surface area (Å²) >= 11 is 0.991. The van der Waals surface area contributed by atoms with Crippen molar-refractivity contribution in [3.05, 3.63) is 11.6 Å². The SMILES string of the molecule is [3H][B]SOCC(C)(C)C1(C)OC(C[C@@H](OP([B])C)C(C)C)C/C(=C\C)[C@@H]1OC(=O)CCCCCCC. The monoisotopic (exact) mass is 527 g/mol. The molecule has 0 spiro atoms. The molecule has 0 saturated carbocycles. The summed E-state index contributed by atoms with van der Waals surface area (Å²) in [6.07, 6.45) is 8.61. The standard InChI is InChI=1S/C26H48B2O5PS/c1-9-11-12-13-14-15-23(29)31-24-20(10-2)16-21(17-22(19(3)4)33-34(8)27)32-26(24,7)25(5,6)18-30-35-28/h10,19,21-22,24,28H,9,11-18H2,1-8H3/b20-10+/t21?,22-,24+,26?,34?/m1/s1/i28T. The molecule has 1 fully saturated rings. The molecule has 0 aromatic carbocycles. The second kappa shape index (κ2) is 16.1. The lowest BCUT2D eigenvalue weighted by atomic mass is 9.68. The molecule has 0 amide bonds. The first-order valence-electron chi connectivity index (χ1n) is 13.6. The van der Waals surface area contributed by atoms with Crippen LogP contribution in [0.4, 0.5) is 0 Å². The minimum atomic E-state index is -0.985. The summed E-state index contributed by atoms with van der Waals surface area (Å²) in [7, 11) is 6.20. The number of unbranched alkanes of at least 4 members (excludes halogenated alkanes) is 4. The Morgan fingerprint density at radius 1 is 1.40 bits per heavy atom. The van der Waals surface area contributed by atoms with Crippen molar-refractivity contribution in [2.24, 2.45) is 11.3 Å². The van der Waals surface area contributed by atoms with Gasteiger partial charge >= 0.3 is 5.97 Å². The minimum Gasteiger partial charge on any atom is -0.455 e. The van der Waals surface area contributed by atoms with E-state index in [0.29, 0.717) is 31.8 Å². The van der Waals surface area contributed by atoms with Gasteiger partial charge in [0.05, 0.1) is 18.8 Å². The number of rotatable bonds is 17. The number of ether oxygens (including phenoxy) is 2. The maximum Gasteiger partial charge on any atom is 0.306 e. The van der Waals surface area contributed by atoms with Crippen LogP contribution in [0.2, 0.25) is 0 Å². The maximum atomic E-state index is 12.9. The zero-order chi connectivity index (χ0) is 27.4. The van der Waals surface area contributed by atoms with Crippen molar-refractivity contribution in [2.75, 3.05) is 13.3 Å². The van der Waals surface area contributed by atoms with E-state index in [-0.39, 0.29) is 18.2 Å². The van der Waals surface area contributed by atoms with Gasteiger partial charge in [-0.15, -0.1) is 0 Å². The molecule has 5 atom stereocenters. The van der Waals surface area contributed by atoms with E-state index in [1.165, 1.54) is 12.8 Å². The van der Waals surface area contributed by atoms with Crippen molar-refractivity contribution >= 4 is 40.5 Å². The highest BCUT2D eigenvalue weighted by molar-refractivity contribution is 8.15. The van der Waals surface area contributed by atoms with Gasteiger partial charge in [-0.05, 0) is 54.2 Å². The molecular formula is C26H48B2O5PS. The number of hydrogen-bond donors (Lipinski definition) is 0. The van der Waals surface area contributed by atoms with Gasteiger partial charge in [-0.1, -0.05) is 78.3 Å². The quantitative estimate of drug-likeness (QED) is 0.0518. The summed E-state index contributed by atoms with van der Waals surface area (Å²) < 4.78 is 32.1. The summed E-state index contributed by atoms with van der Waals surface area (Å²) in [5.41, 5.74) is -0.282. The molecule has 199 valence electrons. The molecule has 3 radical (unpaired) electrons. The lowest BCUT2D eigenvalue weighted by Gasteiger charge is -2.53. The summed E-state index contributed by atoms with van der Waals surface area (Å²) in [5, 5.41) is 0. The molecule has 3 unspecified atom stereocenters. The fourth-order valence-corrected chi connectivity index (χ4v) is 5.69. The third kappa shape index (κ3) is 10.3. The smallest absolute Gasteiger partial charge is 0.306 e. The highest BCUT2D eigenvalue weighted by Crippen LogP contribution is 2.48. The number of allylic oxidation sites excluding steroid dienone is 1. The largest absolute Gasteiger partial charge is 0.455 e. The Bertz CT molecular complexity index is 683. The van der Waals surface area contributed by atoms with Crippen molar-refractivity contribution in [1.29, 1.82) is 1.34 Å². The third-order valence-electron chi connectivity index (χ3n) is 7.19. The Kier molecular flexibility index (Phi) is 14.3. The van der Waals surface area contributed by atoms with Gasteiger partial charge in [-0.25, -0.2) is 0 Å². The first-order valence-corrected chi connectivity index (χ1v) is 15.7. The molecule has 1 heterocycles. The minimum absolute atomic E-state index is 0.0199. The van der Waals surface area contributed by atoms with E-state index in [2.05, 4.69) is 40.7 Å². The second-order valence-corrected chi connectivity index (χ2v) is 12.6. The van der Waals surface area contributed by atoms with E-state index < -0.39 is 25.1 Å². The van der Waals surface area contributed by atoms with Crippen molar-refractivity contribution in [3.63, 3.8) is 0 Å². The maximum absolute atomic E-state index is 12.9. The van der Waals surface area contributed by atoms with Crippen LogP contribution in [0.25, 0.3) is 0 Å². The van der Waals surface area contributed by atoms with Crippen LogP contribution in [0, 0.1) is 11.3 Å². The average molecular weight is 527 g/mol. The van der Waals surface area contributed by atoms with Crippen LogP contribution in [-0.2, 0) is 23.0 Å². The summed E-state index contributed by atoms with van der Waals surface area (Å²) in [4.78, 5) is 12.9. The molecule has 1 saturated heterocycles. The molecule has 0 bridgehead atoms. The van der Waals surface area contributed by atoms with Gasteiger partial charge in [-0.2, -0.15) is 0 Å². The highest BCUT2D eigenvalue weighted by Gasteiger charge is 2.55. The van der Waals surface area contributed by atoms with E-state index in [4.69, 9.17) is 27.1 Å². The highest BCUT2D eigenvalue weighted by atomic mass is 32.2. The lowest BCUT2D eigenvalue weighted by molar-refractivity contribution is -0.231. The van der Waals surface area contributed by atoms with Gasteiger partial charge < -0.3 is 18.2 Å². The topological polar surface area (TPSA) is 54.0 Å². The number of carbonyl (C=O) groups excluding carboxylic acids is 1. The molecule has 9 heteroatoms. The molecule has 0 aromatic heterocycles. The zero-order valence-corrected chi connectivity index (χ0v) is 25.0. The fraction of sp³-hybridized carbons (Fsp3) is 0.885. The van der Waals surface area contributed by atoms with Gasteiger partial charge in [-0.3, -0.25) is 4.79 Å². The third-order valence-corrected chi connectivity index (χ3v) is 8.05. The summed E-state index contributed by atoms with van der Waals surface area (Å²) in [6, 6.07) is 0. The van der Waals surface area contributed by atoms with Crippen molar-refractivity contribution in [3.8, 4) is 0 Å². The molecule has 0 aromatic rings. The normalized spacial score (nSPS) is 26.4. The molecule has 5 nitrogen and oxygen atoms in total. The molecule has 0 N–H and O–H groups in total. The van der Waals surface area contributed by atoms with Gasteiger partial charge in [0, 0.05) is 18.3 Å². The Labute approximate surface area is 224 Å². The van der Waals surface area contributed by atoms with Gasteiger partial charge in [0.15, 0.2) is 6.10 Å². The Morgan fingerprint density at radius 2 is 2.09 bits per heavy atom. The molecule has 1 aliphatic heterocycles. The van der Waals surface area contributed by atoms with E-state index in [0.717, 1.165) is 43.8 Å². The molecule has 1 aliphatic rings. The summed E-state index contributed by atoms with van der Waals surface area (Å²) in [5.74, 6) is 0.115. The van der Waals surface area contributed by atoms with Gasteiger partial charge in [0.1, 0.15) is 13.2 Å². The predicted molar refractivity (Wildman–Crippen MR) is 152 cm³/mol. The Hall–Kier alpha value is -0.000130. The number of esters is 1. The van der Waals surface area contributed by atoms with E-state index in [1.54, 1.807) is 0 Å². The average Bonchev–Trinajstić information content (AvgIpc) is 2.79. The van der Waals surface area contributed by atoms with Crippen LogP contribution in [0.15, 0.2) is 11.6 Å². The van der Waals surface area contributed by atoms with Crippen LogP contribution >= 0.6 is 19.9 Å². The second-order valence-electron chi connectivity index (χ2n) is 10.9. The number of hydrogen-bond acceptors (Lipinski definition) is 6. The van der Waals surface area contributed by atoms with Crippen LogP contribution in [0.3, 0.4) is 0 Å². The fourth-order valence-electron chi connectivity index (χ4n) is 4.57. The predicted octanol–water partition coefficient (Wildman–Crippen LogP) is 6.80. The first-order chi connectivity index (χ1) is 16.9. The molecule has 0 aliphatic carbocycles. The van der Waals surface area contributed by atoms with Gasteiger partial charge in [0.2, 0.25) is 7.09 Å². The molecule has 1 rings (SSSR count). The number of carbonyl (C=O) groups is 1. The first kappa shape index (κ1) is 31.2.